The Labute approximate surface area is 227 Å². The molecule has 39 heavy (non-hydrogen) atoms. The Morgan fingerprint density at radius 1 is 1.26 bits per heavy atom. The molecule has 1 aromatic heterocycles. The molecule has 1 fully saturated rings. The van der Waals surface area contributed by atoms with Crippen LogP contribution in [0.3, 0.4) is 0 Å². The van der Waals surface area contributed by atoms with Gasteiger partial charge in [-0.05, 0) is 81.5 Å². The molecule has 206 valence electrons. The van der Waals surface area contributed by atoms with Crippen LogP contribution in [0.15, 0.2) is 54.7 Å². The monoisotopic (exact) mass is 534 g/mol. The minimum atomic E-state index is -1.14. The number of ether oxygens (including phenoxy) is 2. The number of amides is 1. The molecule has 8 nitrogen and oxygen atoms in total. The lowest BCUT2D eigenvalue weighted by molar-refractivity contribution is -0.00729. The van der Waals surface area contributed by atoms with Crippen molar-refractivity contribution in [2.45, 2.75) is 69.7 Å². The highest BCUT2D eigenvalue weighted by Gasteiger charge is 2.37. The van der Waals surface area contributed by atoms with Crippen LogP contribution in [0.25, 0.3) is 0 Å². The van der Waals surface area contributed by atoms with Crippen LogP contribution in [-0.4, -0.2) is 40.9 Å². The van der Waals surface area contributed by atoms with Crippen molar-refractivity contribution < 1.29 is 23.8 Å². The van der Waals surface area contributed by atoms with Gasteiger partial charge >= 0.3 is 0 Å². The highest BCUT2D eigenvalue weighted by molar-refractivity contribution is 5.95. The van der Waals surface area contributed by atoms with Crippen LogP contribution < -0.4 is 25.6 Å². The van der Waals surface area contributed by atoms with E-state index >= 15 is 0 Å². The number of anilines is 1. The molecule has 4 N–H and O–H groups in total. The highest BCUT2D eigenvalue weighted by Crippen LogP contribution is 2.36. The maximum absolute atomic E-state index is 14.6. The van der Waals surface area contributed by atoms with Gasteiger partial charge in [-0.3, -0.25) is 4.79 Å². The SMILES string of the molecule is COc1cccc(F)c1C[C@@]1(O)CCC[C@@H](NC(=O)c2ccc3c(c2)C(c2ccnc(OC(C)C)c2)NN3)C1. The number of hydrazine groups is 1. The van der Waals surface area contributed by atoms with Crippen molar-refractivity contribution in [2.24, 2.45) is 0 Å². The van der Waals surface area contributed by atoms with E-state index in [0.717, 1.165) is 29.7 Å². The van der Waals surface area contributed by atoms with Gasteiger partial charge in [-0.2, -0.15) is 0 Å². The number of halogens is 1. The zero-order valence-corrected chi connectivity index (χ0v) is 22.5. The first-order valence-corrected chi connectivity index (χ1v) is 13.4. The largest absolute Gasteiger partial charge is 0.496 e. The predicted molar refractivity (Wildman–Crippen MR) is 146 cm³/mol. The number of hydrogen-bond acceptors (Lipinski definition) is 7. The Bertz CT molecular complexity index is 1350. The van der Waals surface area contributed by atoms with Crippen molar-refractivity contribution in [3.63, 3.8) is 0 Å². The summed E-state index contributed by atoms with van der Waals surface area (Å²) in [5.74, 6) is 0.353. The van der Waals surface area contributed by atoms with Gasteiger partial charge in [0, 0.05) is 41.4 Å². The van der Waals surface area contributed by atoms with Gasteiger partial charge in [-0.25, -0.2) is 14.8 Å². The molecule has 2 heterocycles. The van der Waals surface area contributed by atoms with E-state index in [9.17, 15) is 14.3 Å². The number of pyridine rings is 1. The summed E-state index contributed by atoms with van der Waals surface area (Å²) in [6.45, 7) is 3.90. The highest BCUT2D eigenvalue weighted by atomic mass is 19.1. The van der Waals surface area contributed by atoms with Gasteiger partial charge in [0.25, 0.3) is 5.91 Å². The molecule has 0 bridgehead atoms. The number of carbonyl (C=O) groups is 1. The van der Waals surface area contributed by atoms with E-state index in [0.29, 0.717) is 35.6 Å². The Morgan fingerprint density at radius 2 is 2.10 bits per heavy atom. The van der Waals surface area contributed by atoms with E-state index in [1.165, 1.54) is 13.2 Å². The van der Waals surface area contributed by atoms with Crippen LogP contribution in [0.1, 0.15) is 72.6 Å². The lowest BCUT2D eigenvalue weighted by atomic mass is 9.77. The average Bonchev–Trinajstić information content (AvgIpc) is 3.33. The third kappa shape index (κ3) is 5.99. The van der Waals surface area contributed by atoms with Gasteiger partial charge in [0.1, 0.15) is 11.6 Å². The number of hydrogen-bond donors (Lipinski definition) is 4. The molecular weight excluding hydrogens is 499 g/mol. The molecule has 3 atom stereocenters. The number of benzene rings is 2. The minimum absolute atomic E-state index is 0.0104. The van der Waals surface area contributed by atoms with Gasteiger partial charge in [-0.1, -0.05) is 6.07 Å². The summed E-state index contributed by atoms with van der Waals surface area (Å²) in [7, 11) is 1.49. The minimum Gasteiger partial charge on any atom is -0.496 e. The van der Waals surface area contributed by atoms with Crippen LogP contribution in [0.4, 0.5) is 10.1 Å². The molecule has 1 amide bonds. The zero-order chi connectivity index (χ0) is 27.6. The average molecular weight is 535 g/mol. The molecule has 5 rings (SSSR count). The number of carbonyl (C=O) groups excluding carboxylic acids is 1. The summed E-state index contributed by atoms with van der Waals surface area (Å²) in [4.78, 5) is 17.6. The smallest absolute Gasteiger partial charge is 0.251 e. The fraction of sp³-hybridized carbons (Fsp3) is 0.400. The summed E-state index contributed by atoms with van der Waals surface area (Å²) in [5.41, 5.74) is 9.01. The van der Waals surface area contributed by atoms with E-state index in [-0.39, 0.29) is 30.5 Å². The molecule has 0 saturated heterocycles. The third-order valence-electron chi connectivity index (χ3n) is 7.38. The number of nitrogens with zero attached hydrogens (tertiary/aromatic N) is 1. The number of nitrogens with one attached hydrogen (secondary N) is 3. The van der Waals surface area contributed by atoms with Crippen LogP contribution in [0.5, 0.6) is 11.6 Å². The van der Waals surface area contributed by atoms with Gasteiger partial charge in [0.15, 0.2) is 0 Å². The molecule has 1 saturated carbocycles. The van der Waals surface area contributed by atoms with Gasteiger partial charge < -0.3 is 25.3 Å². The normalized spacial score (nSPS) is 22.2. The van der Waals surface area contributed by atoms with Crippen molar-refractivity contribution in [3.8, 4) is 11.6 Å². The Hall–Kier alpha value is -3.69. The maximum Gasteiger partial charge on any atom is 0.251 e. The van der Waals surface area contributed by atoms with Crippen LogP contribution in [0, 0.1) is 5.82 Å². The topological polar surface area (TPSA) is 105 Å². The fourth-order valence-corrected chi connectivity index (χ4v) is 5.58. The number of aromatic nitrogens is 1. The van der Waals surface area contributed by atoms with Crippen molar-refractivity contribution in [3.05, 3.63) is 82.8 Å². The van der Waals surface area contributed by atoms with Crippen molar-refractivity contribution in [1.82, 2.24) is 15.7 Å². The van der Waals surface area contributed by atoms with Gasteiger partial charge in [0.2, 0.25) is 5.88 Å². The standard InChI is InChI=1S/C30H35FN4O4/c1-18(2)39-27-15-19(11-13-32-27)28-22-14-20(9-10-25(22)34-35-28)29(36)33-21-6-5-12-30(37,16-21)17-23-24(31)7-4-8-26(23)38-3/h4,7-11,13-15,18,21,28,34-35,37H,5-6,12,16-17H2,1-3H3,(H,33,36)/t21-,28?,30-/m1/s1. The number of aliphatic hydroxyl groups is 1. The van der Waals surface area contributed by atoms with Crippen molar-refractivity contribution >= 4 is 11.6 Å². The summed E-state index contributed by atoms with van der Waals surface area (Å²) >= 11 is 0. The predicted octanol–water partition coefficient (Wildman–Crippen LogP) is 4.68. The van der Waals surface area contributed by atoms with Gasteiger partial charge in [0.05, 0.1) is 30.5 Å². The second-order valence-electron chi connectivity index (χ2n) is 10.7. The lowest BCUT2D eigenvalue weighted by Crippen LogP contribution is -2.47. The lowest BCUT2D eigenvalue weighted by Gasteiger charge is -2.37. The van der Waals surface area contributed by atoms with Crippen molar-refractivity contribution in [2.75, 3.05) is 12.5 Å². The molecule has 1 aliphatic carbocycles. The zero-order valence-electron chi connectivity index (χ0n) is 22.5. The second-order valence-corrected chi connectivity index (χ2v) is 10.7. The quantitative estimate of drug-likeness (QED) is 0.333. The molecule has 9 heteroatoms. The molecule has 1 aliphatic heterocycles. The van der Waals surface area contributed by atoms with E-state index in [1.807, 2.05) is 38.1 Å². The maximum atomic E-state index is 14.6. The Balaban J connectivity index is 1.29. The van der Waals surface area contributed by atoms with E-state index < -0.39 is 11.4 Å². The summed E-state index contributed by atoms with van der Waals surface area (Å²) in [5, 5.41) is 14.5. The fourth-order valence-electron chi connectivity index (χ4n) is 5.58. The Morgan fingerprint density at radius 3 is 2.90 bits per heavy atom. The number of rotatable bonds is 8. The van der Waals surface area contributed by atoms with E-state index in [4.69, 9.17) is 9.47 Å². The summed E-state index contributed by atoms with van der Waals surface area (Å²) in [6, 6.07) is 13.6. The summed E-state index contributed by atoms with van der Waals surface area (Å²) < 4.78 is 25.6. The Kier molecular flexibility index (Phi) is 7.72. The molecule has 0 radical (unpaired) electrons. The number of fused-ring (bicyclic) bond motifs is 1. The molecule has 3 aromatic rings. The van der Waals surface area contributed by atoms with Crippen LogP contribution in [0.2, 0.25) is 0 Å². The molecule has 2 aliphatic rings. The first kappa shape index (κ1) is 26.9. The van der Waals surface area contributed by atoms with Crippen molar-refractivity contribution in [1.29, 1.82) is 0 Å². The van der Waals surface area contributed by atoms with E-state index in [1.54, 1.807) is 24.4 Å². The summed E-state index contributed by atoms with van der Waals surface area (Å²) in [6.07, 6.45) is 4.18. The second kappa shape index (κ2) is 11.2. The van der Waals surface area contributed by atoms with Crippen LogP contribution in [-0.2, 0) is 6.42 Å². The molecule has 2 aromatic carbocycles. The van der Waals surface area contributed by atoms with Crippen LogP contribution >= 0.6 is 0 Å². The molecule has 1 unspecified atom stereocenters. The van der Waals surface area contributed by atoms with Gasteiger partial charge in [-0.15, -0.1) is 0 Å². The first-order valence-electron chi connectivity index (χ1n) is 13.4. The molecular formula is C30H35FN4O4. The number of methoxy groups -OCH3 is 1. The third-order valence-corrected chi connectivity index (χ3v) is 7.38. The van der Waals surface area contributed by atoms with E-state index in [2.05, 4.69) is 21.2 Å². The molecule has 0 spiro atoms. The first-order chi connectivity index (χ1) is 18.7.